The molecule has 2 aliphatic rings. The molecule has 2 heterocycles. The van der Waals surface area contributed by atoms with Gasteiger partial charge in [0.15, 0.2) is 0 Å². The fourth-order valence-electron chi connectivity index (χ4n) is 2.65. The molecule has 3 amide bonds. The third kappa shape index (κ3) is 1.89. The van der Waals surface area contributed by atoms with E-state index >= 15 is 0 Å². The van der Waals surface area contributed by atoms with E-state index in [9.17, 15) is 9.59 Å². The number of rotatable bonds is 3. The van der Waals surface area contributed by atoms with Crippen LogP contribution in [0.15, 0.2) is 24.5 Å². The number of carbonyl (C=O) groups excluding carboxylic acids is 2. The van der Waals surface area contributed by atoms with Gasteiger partial charge in [-0.3, -0.25) is 14.7 Å². The Labute approximate surface area is 112 Å². The molecule has 3 rings (SSSR count). The molecule has 0 aromatic carbocycles. The average Bonchev–Trinajstić information content (AvgIpc) is 2.58. The van der Waals surface area contributed by atoms with Crippen molar-refractivity contribution in [1.82, 2.24) is 15.2 Å². The van der Waals surface area contributed by atoms with Crippen molar-refractivity contribution >= 4 is 11.9 Å². The summed E-state index contributed by atoms with van der Waals surface area (Å²) in [5.41, 5.74) is -0.251. The zero-order valence-corrected chi connectivity index (χ0v) is 10.9. The Balaban J connectivity index is 1.84. The molecule has 1 aromatic rings. The van der Waals surface area contributed by atoms with E-state index in [1.165, 1.54) is 11.3 Å². The average molecular weight is 259 g/mol. The number of urea groups is 1. The van der Waals surface area contributed by atoms with Gasteiger partial charge in [0.05, 0.1) is 0 Å². The summed E-state index contributed by atoms with van der Waals surface area (Å²) in [5, 5.41) is 2.80. The van der Waals surface area contributed by atoms with E-state index in [1.54, 1.807) is 25.4 Å². The first kappa shape index (κ1) is 12.1. The summed E-state index contributed by atoms with van der Waals surface area (Å²) >= 11 is 0. The SMILES string of the molecule is C[C@]1(c2cccnc2)NC(=O)N(CC2CCC2)C1=O. The van der Waals surface area contributed by atoms with Gasteiger partial charge in [-0.25, -0.2) is 4.79 Å². The van der Waals surface area contributed by atoms with Crippen molar-refractivity contribution in [2.45, 2.75) is 31.7 Å². The molecule has 0 spiro atoms. The fourth-order valence-corrected chi connectivity index (χ4v) is 2.65. The lowest BCUT2D eigenvalue weighted by molar-refractivity contribution is -0.131. The van der Waals surface area contributed by atoms with Gasteiger partial charge in [0.25, 0.3) is 5.91 Å². The molecule has 0 radical (unpaired) electrons. The molecule has 1 aromatic heterocycles. The highest BCUT2D eigenvalue weighted by Crippen LogP contribution is 2.32. The number of carbonyl (C=O) groups is 2. The van der Waals surface area contributed by atoms with Crippen LogP contribution in [0.2, 0.25) is 0 Å². The zero-order chi connectivity index (χ0) is 13.5. The maximum absolute atomic E-state index is 12.5. The topological polar surface area (TPSA) is 62.3 Å². The van der Waals surface area contributed by atoms with Crippen molar-refractivity contribution in [2.75, 3.05) is 6.54 Å². The van der Waals surface area contributed by atoms with Crippen molar-refractivity contribution in [2.24, 2.45) is 5.92 Å². The summed E-state index contributed by atoms with van der Waals surface area (Å²) in [7, 11) is 0. The molecule has 19 heavy (non-hydrogen) atoms. The highest BCUT2D eigenvalue weighted by atomic mass is 16.2. The first-order valence-corrected chi connectivity index (χ1v) is 6.66. The summed E-state index contributed by atoms with van der Waals surface area (Å²) in [6.07, 6.45) is 6.71. The predicted molar refractivity (Wildman–Crippen MR) is 69.2 cm³/mol. The Morgan fingerprint density at radius 3 is 2.84 bits per heavy atom. The summed E-state index contributed by atoms with van der Waals surface area (Å²) in [6, 6.07) is 3.30. The van der Waals surface area contributed by atoms with Gasteiger partial charge in [0.2, 0.25) is 0 Å². The lowest BCUT2D eigenvalue weighted by Gasteiger charge is -2.29. The van der Waals surface area contributed by atoms with Crippen LogP contribution in [0.5, 0.6) is 0 Å². The highest BCUT2D eigenvalue weighted by Gasteiger charge is 2.49. The summed E-state index contributed by atoms with van der Waals surface area (Å²) < 4.78 is 0. The number of amides is 3. The fraction of sp³-hybridized carbons (Fsp3) is 0.500. The van der Waals surface area contributed by atoms with Gasteiger partial charge in [-0.15, -0.1) is 0 Å². The van der Waals surface area contributed by atoms with Crippen molar-refractivity contribution < 1.29 is 9.59 Å². The van der Waals surface area contributed by atoms with Gasteiger partial charge in [0, 0.05) is 24.5 Å². The largest absolute Gasteiger partial charge is 0.325 e. The van der Waals surface area contributed by atoms with Crippen LogP contribution in [0.4, 0.5) is 4.79 Å². The van der Waals surface area contributed by atoms with E-state index < -0.39 is 5.54 Å². The Bertz CT molecular complexity index is 513. The number of aromatic nitrogens is 1. The monoisotopic (exact) mass is 259 g/mol. The van der Waals surface area contributed by atoms with Crippen molar-refractivity contribution in [3.05, 3.63) is 30.1 Å². The van der Waals surface area contributed by atoms with Crippen LogP contribution in [-0.2, 0) is 10.3 Å². The van der Waals surface area contributed by atoms with Crippen LogP contribution in [0.1, 0.15) is 31.7 Å². The minimum Gasteiger partial charge on any atom is -0.319 e. The van der Waals surface area contributed by atoms with Crippen molar-refractivity contribution in [1.29, 1.82) is 0 Å². The molecule has 1 N–H and O–H groups in total. The van der Waals surface area contributed by atoms with Crippen LogP contribution in [0.25, 0.3) is 0 Å². The lowest BCUT2D eigenvalue weighted by atomic mass is 9.85. The Hall–Kier alpha value is -1.91. The van der Waals surface area contributed by atoms with Gasteiger partial charge in [0.1, 0.15) is 5.54 Å². The standard InChI is InChI=1S/C14H17N3O2/c1-14(11-6-3-7-15-8-11)12(18)17(13(19)16-14)9-10-4-2-5-10/h3,6-8,10H,2,4-5,9H2,1H3,(H,16,19)/t14-/m1/s1. The van der Waals surface area contributed by atoms with Crippen LogP contribution < -0.4 is 5.32 Å². The smallest absolute Gasteiger partial charge is 0.319 e. The second-order valence-electron chi connectivity index (χ2n) is 5.51. The maximum Gasteiger partial charge on any atom is 0.325 e. The maximum atomic E-state index is 12.5. The molecule has 5 heteroatoms. The highest BCUT2D eigenvalue weighted by molar-refractivity contribution is 6.07. The summed E-state index contributed by atoms with van der Waals surface area (Å²) in [5.74, 6) is 0.309. The first-order chi connectivity index (χ1) is 9.11. The molecule has 5 nitrogen and oxygen atoms in total. The molecule has 1 aliphatic carbocycles. The number of hydrogen-bond donors (Lipinski definition) is 1. The van der Waals surface area contributed by atoms with Crippen LogP contribution in [0.3, 0.4) is 0 Å². The van der Waals surface area contributed by atoms with Gasteiger partial charge in [-0.2, -0.15) is 0 Å². The van der Waals surface area contributed by atoms with Crippen LogP contribution in [-0.4, -0.2) is 28.4 Å². The predicted octanol–water partition coefficient (Wildman–Crippen LogP) is 1.65. The van der Waals surface area contributed by atoms with Crippen molar-refractivity contribution in [3.8, 4) is 0 Å². The number of nitrogens with one attached hydrogen (secondary N) is 1. The Morgan fingerprint density at radius 1 is 1.47 bits per heavy atom. The molecule has 1 saturated heterocycles. The summed E-state index contributed by atoms with van der Waals surface area (Å²) in [4.78, 5) is 29.9. The Morgan fingerprint density at radius 2 is 2.26 bits per heavy atom. The minimum atomic E-state index is -0.977. The van der Waals surface area contributed by atoms with Crippen LogP contribution in [0, 0.1) is 5.92 Å². The Kier molecular flexibility index (Phi) is 2.77. The quantitative estimate of drug-likeness (QED) is 0.839. The normalized spacial score (nSPS) is 27.3. The lowest BCUT2D eigenvalue weighted by Crippen LogP contribution is -2.42. The summed E-state index contributed by atoms with van der Waals surface area (Å²) in [6.45, 7) is 2.28. The van der Waals surface area contributed by atoms with Gasteiger partial charge in [-0.1, -0.05) is 12.5 Å². The van der Waals surface area contributed by atoms with E-state index in [0.717, 1.165) is 18.4 Å². The van der Waals surface area contributed by atoms with E-state index in [0.29, 0.717) is 12.5 Å². The molecular weight excluding hydrogens is 242 g/mol. The third-order valence-corrected chi connectivity index (χ3v) is 4.18. The third-order valence-electron chi connectivity index (χ3n) is 4.18. The molecule has 1 saturated carbocycles. The molecule has 0 bridgehead atoms. The molecule has 1 atom stereocenters. The van der Waals surface area contributed by atoms with E-state index in [-0.39, 0.29) is 11.9 Å². The van der Waals surface area contributed by atoms with Crippen molar-refractivity contribution in [3.63, 3.8) is 0 Å². The van der Waals surface area contributed by atoms with Gasteiger partial charge >= 0.3 is 6.03 Å². The number of nitrogens with zero attached hydrogens (tertiary/aromatic N) is 2. The second-order valence-corrected chi connectivity index (χ2v) is 5.51. The number of pyridine rings is 1. The van der Waals surface area contributed by atoms with E-state index in [2.05, 4.69) is 10.3 Å². The van der Waals surface area contributed by atoms with E-state index in [4.69, 9.17) is 0 Å². The molecule has 2 fully saturated rings. The van der Waals surface area contributed by atoms with Crippen LogP contribution >= 0.6 is 0 Å². The molecule has 100 valence electrons. The van der Waals surface area contributed by atoms with E-state index in [1.807, 2.05) is 6.07 Å². The first-order valence-electron chi connectivity index (χ1n) is 6.66. The minimum absolute atomic E-state index is 0.169. The molecular formula is C14H17N3O2. The number of imide groups is 1. The number of hydrogen-bond acceptors (Lipinski definition) is 3. The zero-order valence-electron chi connectivity index (χ0n) is 10.9. The van der Waals surface area contributed by atoms with Gasteiger partial charge in [-0.05, 0) is 31.7 Å². The van der Waals surface area contributed by atoms with Gasteiger partial charge < -0.3 is 5.32 Å². The molecule has 1 aliphatic heterocycles. The molecule has 0 unspecified atom stereocenters. The second kappa shape index (κ2) is 4.33.